The molecule has 0 unspecified atom stereocenters. The molecular weight excluding hydrogens is 436 g/mol. The van der Waals surface area contributed by atoms with Gasteiger partial charge in [0.25, 0.3) is 0 Å². The summed E-state index contributed by atoms with van der Waals surface area (Å²) in [7, 11) is 0. The van der Waals surface area contributed by atoms with Gasteiger partial charge in [0.15, 0.2) is 0 Å². The van der Waals surface area contributed by atoms with E-state index < -0.39 is 42.0 Å². The Morgan fingerprint density at radius 3 is 1.23 bits per heavy atom. The molecule has 0 aliphatic carbocycles. The van der Waals surface area contributed by atoms with Crippen molar-refractivity contribution in [2.45, 2.75) is 58.2 Å². The number of halogens is 8. The maximum atomic E-state index is 13.2. The van der Waals surface area contributed by atoms with Gasteiger partial charge in [0.1, 0.15) is 11.5 Å². The van der Waals surface area contributed by atoms with Crippen LogP contribution in [0.1, 0.15) is 36.1 Å². The van der Waals surface area contributed by atoms with Crippen molar-refractivity contribution in [3.05, 3.63) is 58.7 Å². The first-order valence-corrected chi connectivity index (χ1v) is 9.00. The van der Waals surface area contributed by atoms with Crippen LogP contribution in [0.5, 0.6) is 11.5 Å². The maximum absolute atomic E-state index is 13.2. The number of alkyl halides is 8. The van der Waals surface area contributed by atoms with Crippen LogP contribution >= 0.6 is 0 Å². The van der Waals surface area contributed by atoms with Gasteiger partial charge in [-0.15, -0.1) is 0 Å². The van der Waals surface area contributed by atoms with E-state index in [-0.39, 0.29) is 11.1 Å². The number of hydrogen-bond donors (Lipinski definition) is 0. The van der Waals surface area contributed by atoms with Gasteiger partial charge in [-0.1, -0.05) is 38.1 Å². The van der Waals surface area contributed by atoms with Crippen LogP contribution in [0, 0.1) is 13.8 Å². The molecule has 0 aliphatic rings. The molecule has 2 aromatic rings. The Kier molecular flexibility index (Phi) is 6.82. The Hall–Kier alpha value is -2.52. The molecule has 0 aromatic heterocycles. The van der Waals surface area contributed by atoms with Gasteiger partial charge in [0.2, 0.25) is 0 Å². The zero-order valence-corrected chi connectivity index (χ0v) is 17.0. The zero-order chi connectivity index (χ0) is 23.8. The normalized spacial score (nSPS) is 13.1. The number of hydrogen-bond acceptors (Lipinski definition) is 2. The van der Waals surface area contributed by atoms with E-state index in [0.717, 1.165) is 12.1 Å². The van der Waals surface area contributed by atoms with Gasteiger partial charge in [-0.2, -0.15) is 35.1 Å². The summed E-state index contributed by atoms with van der Waals surface area (Å²) in [5, 5.41) is 0. The van der Waals surface area contributed by atoms with Crippen molar-refractivity contribution in [1.29, 1.82) is 0 Å². The lowest BCUT2D eigenvalue weighted by Gasteiger charge is -2.28. The van der Waals surface area contributed by atoms with Crippen LogP contribution in [0.2, 0.25) is 0 Å². The second kappa shape index (κ2) is 8.55. The molecular formula is C21H20F8O2. The highest BCUT2D eigenvalue weighted by Crippen LogP contribution is 2.38. The SMILES string of the molecule is Cc1cc(C(C)(C)c2ccc(OC(F)(F)C(F)F)c(C)c2)ccc1OC(F)(F)C(F)F. The number of ether oxygens (including phenoxy) is 2. The molecule has 0 atom stereocenters. The smallest absolute Gasteiger partial charge is 0.428 e. The van der Waals surface area contributed by atoms with Crippen molar-refractivity contribution in [3.8, 4) is 11.5 Å². The summed E-state index contributed by atoms with van der Waals surface area (Å²) in [6, 6.07) is 8.04. The minimum Gasteiger partial charge on any atom is -0.428 e. The summed E-state index contributed by atoms with van der Waals surface area (Å²) in [5.74, 6) is -0.835. The lowest BCUT2D eigenvalue weighted by molar-refractivity contribution is -0.253. The van der Waals surface area contributed by atoms with Crippen molar-refractivity contribution in [3.63, 3.8) is 0 Å². The van der Waals surface area contributed by atoms with E-state index in [2.05, 4.69) is 9.47 Å². The second-order valence-corrected chi connectivity index (χ2v) is 7.51. The summed E-state index contributed by atoms with van der Waals surface area (Å²) in [6.45, 7) is 6.31. The van der Waals surface area contributed by atoms with Crippen molar-refractivity contribution in [2.24, 2.45) is 0 Å². The molecule has 2 nitrogen and oxygen atoms in total. The first kappa shape index (κ1) is 24.7. The molecule has 0 radical (unpaired) electrons. The van der Waals surface area contributed by atoms with Crippen LogP contribution in [0.3, 0.4) is 0 Å². The van der Waals surface area contributed by atoms with E-state index in [0.29, 0.717) is 11.1 Å². The topological polar surface area (TPSA) is 18.5 Å². The molecule has 0 fully saturated rings. The monoisotopic (exact) mass is 456 g/mol. The fourth-order valence-electron chi connectivity index (χ4n) is 2.85. The molecule has 2 rings (SSSR count). The molecule has 0 N–H and O–H groups in total. The molecule has 2 aromatic carbocycles. The maximum Gasteiger partial charge on any atom is 0.461 e. The van der Waals surface area contributed by atoms with Crippen LogP contribution in [-0.4, -0.2) is 25.1 Å². The Balaban J connectivity index is 2.33. The first-order chi connectivity index (χ1) is 14.1. The van der Waals surface area contributed by atoms with Crippen molar-refractivity contribution in [1.82, 2.24) is 0 Å². The van der Waals surface area contributed by atoms with E-state index in [1.807, 2.05) is 0 Å². The third kappa shape index (κ3) is 5.40. The van der Waals surface area contributed by atoms with Gasteiger partial charge in [-0.05, 0) is 48.2 Å². The van der Waals surface area contributed by atoms with E-state index in [4.69, 9.17) is 0 Å². The first-order valence-electron chi connectivity index (χ1n) is 9.00. The summed E-state index contributed by atoms with van der Waals surface area (Å²) < 4.78 is 110. The summed E-state index contributed by atoms with van der Waals surface area (Å²) in [4.78, 5) is 0. The van der Waals surface area contributed by atoms with Crippen LogP contribution in [-0.2, 0) is 5.41 Å². The minimum absolute atomic E-state index is 0.180. The fraction of sp³-hybridized carbons (Fsp3) is 0.429. The highest BCUT2D eigenvalue weighted by Gasteiger charge is 2.45. The minimum atomic E-state index is -4.64. The van der Waals surface area contributed by atoms with Gasteiger partial charge in [-0.3, -0.25) is 0 Å². The molecule has 0 saturated heterocycles. The van der Waals surface area contributed by atoms with Gasteiger partial charge < -0.3 is 9.47 Å². The summed E-state index contributed by atoms with van der Waals surface area (Å²) >= 11 is 0. The molecule has 0 spiro atoms. The molecule has 0 saturated carbocycles. The van der Waals surface area contributed by atoms with Crippen molar-refractivity contribution < 1.29 is 44.6 Å². The molecule has 31 heavy (non-hydrogen) atoms. The highest BCUT2D eigenvalue weighted by molar-refractivity contribution is 5.47. The average molecular weight is 456 g/mol. The third-order valence-electron chi connectivity index (χ3n) is 4.79. The number of benzene rings is 2. The van der Waals surface area contributed by atoms with Crippen molar-refractivity contribution in [2.75, 3.05) is 0 Å². The number of rotatable bonds is 8. The molecule has 0 aliphatic heterocycles. The lowest BCUT2D eigenvalue weighted by Crippen LogP contribution is -2.33. The van der Waals surface area contributed by atoms with Crippen LogP contribution < -0.4 is 9.47 Å². The number of aryl methyl sites for hydroxylation is 2. The van der Waals surface area contributed by atoms with Gasteiger partial charge in [0, 0.05) is 5.41 Å². The predicted octanol–water partition coefficient (Wildman–Crippen LogP) is 7.10. The van der Waals surface area contributed by atoms with Gasteiger partial charge in [0.05, 0.1) is 0 Å². The average Bonchev–Trinajstić information content (AvgIpc) is 2.64. The van der Waals surface area contributed by atoms with Crippen LogP contribution in [0.4, 0.5) is 35.1 Å². The van der Waals surface area contributed by atoms with E-state index in [1.54, 1.807) is 13.8 Å². The Labute approximate surface area is 173 Å². The highest BCUT2D eigenvalue weighted by atomic mass is 19.3. The molecule has 10 heteroatoms. The molecule has 172 valence electrons. The fourth-order valence-corrected chi connectivity index (χ4v) is 2.85. The molecule has 0 heterocycles. The predicted molar refractivity (Wildman–Crippen MR) is 97.6 cm³/mol. The Morgan fingerprint density at radius 2 is 0.968 bits per heavy atom. The quantitative estimate of drug-likeness (QED) is 0.395. The lowest BCUT2D eigenvalue weighted by atomic mass is 9.77. The Morgan fingerprint density at radius 1 is 0.645 bits per heavy atom. The largest absolute Gasteiger partial charge is 0.461 e. The van der Waals surface area contributed by atoms with E-state index in [9.17, 15) is 35.1 Å². The van der Waals surface area contributed by atoms with E-state index >= 15 is 0 Å². The van der Waals surface area contributed by atoms with Crippen LogP contribution in [0.15, 0.2) is 36.4 Å². The summed E-state index contributed by atoms with van der Waals surface area (Å²) in [5.41, 5.74) is 0.744. The summed E-state index contributed by atoms with van der Waals surface area (Å²) in [6.07, 6.45) is -17.3. The van der Waals surface area contributed by atoms with Crippen LogP contribution in [0.25, 0.3) is 0 Å². The second-order valence-electron chi connectivity index (χ2n) is 7.51. The third-order valence-corrected chi connectivity index (χ3v) is 4.79. The molecule has 0 bridgehead atoms. The Bertz CT molecular complexity index is 852. The van der Waals surface area contributed by atoms with Crippen molar-refractivity contribution >= 4 is 0 Å². The zero-order valence-electron chi connectivity index (χ0n) is 17.0. The van der Waals surface area contributed by atoms with E-state index in [1.165, 1.54) is 38.1 Å². The van der Waals surface area contributed by atoms with Gasteiger partial charge in [-0.25, -0.2) is 0 Å². The van der Waals surface area contributed by atoms with Gasteiger partial charge >= 0.3 is 25.1 Å². The molecule has 0 amide bonds. The standard InChI is InChI=1S/C21H20F8O2/c1-11-9-13(5-7-15(11)30-20(26,27)17(22)23)19(3,4)14-6-8-16(12(2)10-14)31-21(28,29)18(24)25/h5-10,17-18H,1-4H3.